The number of methoxy groups -OCH3 is 1. The van der Waals surface area contributed by atoms with Crippen LogP contribution in [0.25, 0.3) is 0 Å². The maximum atomic E-state index is 12.2. The van der Waals surface area contributed by atoms with Gasteiger partial charge in [0.05, 0.1) is 12.7 Å². The summed E-state index contributed by atoms with van der Waals surface area (Å²) in [6.07, 6.45) is 1.69. The third-order valence-electron chi connectivity index (χ3n) is 4.25. The van der Waals surface area contributed by atoms with Gasteiger partial charge < -0.3 is 15.0 Å². The van der Waals surface area contributed by atoms with Crippen molar-refractivity contribution in [3.8, 4) is 11.8 Å². The quantitative estimate of drug-likeness (QED) is 0.664. The van der Waals surface area contributed by atoms with Crippen LogP contribution in [0.3, 0.4) is 0 Å². The van der Waals surface area contributed by atoms with Crippen molar-refractivity contribution in [2.75, 3.05) is 26.7 Å². The van der Waals surface area contributed by atoms with Crippen LogP contribution in [-0.4, -0.2) is 49.4 Å². The topological polar surface area (TPSA) is 75.7 Å². The molecule has 1 aliphatic heterocycles. The zero-order valence-electron chi connectivity index (χ0n) is 14.5. The number of likely N-dealkylation sites (tertiary alicyclic amines) is 1. The number of esters is 1. The van der Waals surface area contributed by atoms with E-state index in [-0.39, 0.29) is 11.8 Å². The molecule has 0 saturated carbocycles. The number of hydrogen-bond acceptors (Lipinski definition) is 4. The van der Waals surface area contributed by atoms with Gasteiger partial charge in [-0.15, -0.1) is 0 Å². The molecule has 6 nitrogen and oxygen atoms in total. The summed E-state index contributed by atoms with van der Waals surface area (Å²) < 4.78 is 4.63. The Balaban J connectivity index is 1.80. The minimum absolute atomic E-state index is 0.129. The van der Waals surface area contributed by atoms with Crippen LogP contribution in [-0.2, 0) is 9.53 Å². The van der Waals surface area contributed by atoms with Crippen LogP contribution in [0, 0.1) is 17.8 Å². The lowest BCUT2D eigenvalue weighted by Crippen LogP contribution is -2.41. The molecule has 1 aliphatic rings. The summed E-state index contributed by atoms with van der Waals surface area (Å²) >= 11 is 0. The van der Waals surface area contributed by atoms with E-state index >= 15 is 0 Å². The fourth-order valence-corrected chi connectivity index (χ4v) is 2.74. The zero-order chi connectivity index (χ0) is 18.2. The molecule has 6 heteroatoms. The molecule has 0 spiro atoms. The Morgan fingerprint density at radius 2 is 1.76 bits per heavy atom. The fourth-order valence-electron chi connectivity index (χ4n) is 2.74. The third-order valence-corrected chi connectivity index (χ3v) is 4.25. The molecule has 2 rings (SSSR count). The van der Waals surface area contributed by atoms with Crippen LogP contribution in [0.1, 0.15) is 40.5 Å². The average molecular weight is 342 g/mol. The largest absolute Gasteiger partial charge is 0.465 e. The minimum Gasteiger partial charge on any atom is -0.465 e. The normalized spacial score (nSPS) is 14.2. The van der Waals surface area contributed by atoms with Crippen molar-refractivity contribution in [3.05, 3.63) is 35.4 Å². The van der Waals surface area contributed by atoms with Gasteiger partial charge >= 0.3 is 5.97 Å². The third kappa shape index (κ3) is 5.08. The van der Waals surface area contributed by atoms with Crippen molar-refractivity contribution in [2.24, 2.45) is 5.92 Å². The van der Waals surface area contributed by atoms with Crippen molar-refractivity contribution in [3.63, 3.8) is 0 Å². The number of nitrogens with zero attached hydrogens (tertiary/aromatic N) is 1. The molecule has 1 saturated heterocycles. The van der Waals surface area contributed by atoms with E-state index in [1.165, 1.54) is 7.11 Å². The van der Waals surface area contributed by atoms with Crippen LogP contribution in [0.15, 0.2) is 24.3 Å². The van der Waals surface area contributed by atoms with Gasteiger partial charge in [-0.05, 0) is 55.9 Å². The van der Waals surface area contributed by atoms with Crippen LogP contribution in [0.5, 0.6) is 0 Å². The molecule has 25 heavy (non-hydrogen) atoms. The number of carbonyl (C=O) groups is 3. The van der Waals surface area contributed by atoms with E-state index in [1.807, 2.05) is 0 Å². The van der Waals surface area contributed by atoms with Crippen molar-refractivity contribution >= 4 is 17.8 Å². The number of carbonyl (C=O) groups excluding carboxylic acids is 3. The SMILES string of the molecule is CC#CC(=O)N1CCC(CNC(=O)c2ccc(C(=O)OC)cc2)CC1. The van der Waals surface area contributed by atoms with Gasteiger partial charge in [0.1, 0.15) is 0 Å². The van der Waals surface area contributed by atoms with E-state index in [0.29, 0.717) is 36.7 Å². The summed E-state index contributed by atoms with van der Waals surface area (Å²) in [7, 11) is 1.32. The zero-order valence-corrected chi connectivity index (χ0v) is 14.5. The molecule has 132 valence electrons. The first-order valence-corrected chi connectivity index (χ1v) is 8.23. The highest BCUT2D eigenvalue weighted by Crippen LogP contribution is 2.16. The molecule has 1 aromatic rings. The van der Waals surface area contributed by atoms with Gasteiger partial charge in [-0.25, -0.2) is 4.79 Å². The van der Waals surface area contributed by atoms with Gasteiger partial charge in [0.2, 0.25) is 0 Å². The first-order chi connectivity index (χ1) is 12.0. The van der Waals surface area contributed by atoms with E-state index in [2.05, 4.69) is 21.9 Å². The highest BCUT2D eigenvalue weighted by Gasteiger charge is 2.22. The molecule has 0 bridgehead atoms. The Morgan fingerprint density at radius 3 is 2.32 bits per heavy atom. The maximum absolute atomic E-state index is 12.2. The molecule has 0 aliphatic carbocycles. The number of amides is 2. The predicted octanol–water partition coefficient (Wildman–Crippen LogP) is 1.46. The van der Waals surface area contributed by atoms with Gasteiger partial charge in [-0.2, -0.15) is 0 Å². The van der Waals surface area contributed by atoms with Gasteiger partial charge in [0, 0.05) is 25.2 Å². The van der Waals surface area contributed by atoms with Gasteiger partial charge in [0.15, 0.2) is 0 Å². The number of benzene rings is 1. The highest BCUT2D eigenvalue weighted by molar-refractivity contribution is 5.96. The Labute approximate surface area is 147 Å². The molecular weight excluding hydrogens is 320 g/mol. The molecule has 1 N–H and O–H groups in total. The number of piperidine rings is 1. The summed E-state index contributed by atoms with van der Waals surface area (Å²) in [4.78, 5) is 37.0. The summed E-state index contributed by atoms with van der Waals surface area (Å²) in [5.74, 6) is 4.79. The molecule has 1 fully saturated rings. The molecule has 1 aromatic carbocycles. The first kappa shape index (κ1) is 18.5. The standard InChI is InChI=1S/C19H22N2O4/c1-3-4-17(22)21-11-9-14(10-12-21)13-20-18(23)15-5-7-16(8-6-15)19(24)25-2/h5-8,14H,9-13H2,1-2H3,(H,20,23). The molecule has 0 unspecified atom stereocenters. The van der Waals surface area contributed by atoms with Crippen LogP contribution in [0.2, 0.25) is 0 Å². The monoisotopic (exact) mass is 342 g/mol. The number of nitrogens with one attached hydrogen (secondary N) is 1. The van der Waals surface area contributed by atoms with Crippen molar-refractivity contribution < 1.29 is 19.1 Å². The lowest BCUT2D eigenvalue weighted by molar-refractivity contribution is -0.126. The average Bonchev–Trinajstić information content (AvgIpc) is 2.66. The lowest BCUT2D eigenvalue weighted by atomic mass is 9.96. The Kier molecular flexibility index (Phi) is 6.58. The second-order valence-electron chi connectivity index (χ2n) is 5.89. The Bertz CT molecular complexity index is 692. The van der Waals surface area contributed by atoms with E-state index in [9.17, 15) is 14.4 Å². The van der Waals surface area contributed by atoms with Gasteiger partial charge in [-0.1, -0.05) is 5.92 Å². The van der Waals surface area contributed by atoms with E-state index in [1.54, 1.807) is 36.1 Å². The second-order valence-corrected chi connectivity index (χ2v) is 5.89. The summed E-state index contributed by atoms with van der Waals surface area (Å²) in [6.45, 7) is 3.56. The van der Waals surface area contributed by atoms with Gasteiger partial charge in [0.25, 0.3) is 11.8 Å². The molecule has 0 atom stereocenters. The molecule has 0 aromatic heterocycles. The smallest absolute Gasteiger partial charge is 0.337 e. The first-order valence-electron chi connectivity index (χ1n) is 8.23. The van der Waals surface area contributed by atoms with E-state index < -0.39 is 5.97 Å². The van der Waals surface area contributed by atoms with E-state index in [0.717, 1.165) is 12.8 Å². The van der Waals surface area contributed by atoms with Gasteiger partial charge in [-0.3, -0.25) is 9.59 Å². The predicted molar refractivity (Wildman–Crippen MR) is 92.9 cm³/mol. The van der Waals surface area contributed by atoms with Crippen LogP contribution < -0.4 is 5.32 Å². The lowest BCUT2D eigenvalue weighted by Gasteiger charge is -2.30. The van der Waals surface area contributed by atoms with Crippen molar-refractivity contribution in [1.82, 2.24) is 10.2 Å². The van der Waals surface area contributed by atoms with Crippen molar-refractivity contribution in [2.45, 2.75) is 19.8 Å². The van der Waals surface area contributed by atoms with E-state index in [4.69, 9.17) is 0 Å². The molecule has 0 radical (unpaired) electrons. The molecule has 2 amide bonds. The number of rotatable bonds is 4. The highest BCUT2D eigenvalue weighted by atomic mass is 16.5. The van der Waals surface area contributed by atoms with Crippen LogP contribution >= 0.6 is 0 Å². The Hall–Kier alpha value is -2.81. The second kappa shape index (κ2) is 8.88. The summed E-state index contributed by atoms with van der Waals surface area (Å²) in [6, 6.07) is 6.35. The molecule has 1 heterocycles. The van der Waals surface area contributed by atoms with Crippen LogP contribution in [0.4, 0.5) is 0 Å². The summed E-state index contributed by atoms with van der Waals surface area (Å²) in [5.41, 5.74) is 0.907. The minimum atomic E-state index is -0.430. The maximum Gasteiger partial charge on any atom is 0.337 e. The fraction of sp³-hybridized carbons (Fsp3) is 0.421. The Morgan fingerprint density at radius 1 is 1.16 bits per heavy atom. The molecular formula is C19H22N2O4. The number of ether oxygens (including phenoxy) is 1. The number of hydrogen-bond donors (Lipinski definition) is 1. The summed E-state index contributed by atoms with van der Waals surface area (Å²) in [5, 5.41) is 2.91. The van der Waals surface area contributed by atoms with Crippen molar-refractivity contribution in [1.29, 1.82) is 0 Å².